The van der Waals surface area contributed by atoms with Crippen LogP contribution in [0.1, 0.15) is 54.4 Å². The maximum absolute atomic E-state index is 12.5. The van der Waals surface area contributed by atoms with Crippen LogP contribution in [0.5, 0.6) is 5.75 Å². The number of hydrogen-bond donors (Lipinski definition) is 2. The molecule has 3 fully saturated rings. The number of carbonyl (C=O) groups is 1. The molecule has 5 heteroatoms. The van der Waals surface area contributed by atoms with Crippen LogP contribution >= 0.6 is 0 Å². The molecule has 0 saturated carbocycles. The number of benzene rings is 3. The first-order valence-corrected chi connectivity index (χ1v) is 13.5. The fourth-order valence-electron chi connectivity index (χ4n) is 6.60. The molecule has 0 radical (unpaired) electrons. The van der Waals surface area contributed by atoms with Gasteiger partial charge < -0.3 is 15.8 Å². The lowest BCUT2D eigenvalue weighted by molar-refractivity contribution is -0.132. The molecule has 3 saturated heterocycles. The summed E-state index contributed by atoms with van der Waals surface area (Å²) in [6, 6.07) is 28.4. The molecule has 5 atom stereocenters. The second-order valence-electron chi connectivity index (χ2n) is 10.9. The van der Waals surface area contributed by atoms with Crippen LogP contribution in [0, 0.1) is 11.8 Å². The molecule has 5 nitrogen and oxygen atoms in total. The first kappa shape index (κ1) is 25.5. The number of methoxy groups -OCH3 is 1. The van der Waals surface area contributed by atoms with Crippen LogP contribution in [-0.2, 0) is 11.3 Å². The van der Waals surface area contributed by atoms with Gasteiger partial charge in [0.15, 0.2) is 0 Å². The second-order valence-corrected chi connectivity index (χ2v) is 10.9. The summed E-state index contributed by atoms with van der Waals surface area (Å²) in [7, 11) is 1.73. The van der Waals surface area contributed by atoms with Gasteiger partial charge in [-0.05, 0) is 47.6 Å². The maximum atomic E-state index is 12.5. The second kappa shape index (κ2) is 11.1. The number of nitrogens with two attached hydrogens (primary N) is 1. The Morgan fingerprint density at radius 3 is 2.22 bits per heavy atom. The van der Waals surface area contributed by atoms with Crippen LogP contribution in [0.15, 0.2) is 78.9 Å². The summed E-state index contributed by atoms with van der Waals surface area (Å²) >= 11 is 0. The monoisotopic (exact) mass is 497 g/mol. The number of ether oxygens (including phenoxy) is 1. The fraction of sp³-hybridized carbons (Fsp3) is 0.406. The van der Waals surface area contributed by atoms with E-state index in [2.05, 4.69) is 103 Å². The SMILES string of the molecule is COc1ccc(C(C)C)cc1CN[C@@H]1[C@@H]2CCN(C[C@@H]2C(N)=O)[C@@H]1C(c1ccccc1)c1ccccc1. The Balaban J connectivity index is 1.54. The largest absolute Gasteiger partial charge is 0.496 e. The number of nitrogens with zero attached hydrogens (tertiary/aromatic N) is 1. The van der Waals surface area contributed by atoms with Gasteiger partial charge in [-0.1, -0.05) is 86.6 Å². The van der Waals surface area contributed by atoms with Gasteiger partial charge >= 0.3 is 0 Å². The Morgan fingerprint density at radius 1 is 1.00 bits per heavy atom. The van der Waals surface area contributed by atoms with Crippen molar-refractivity contribution in [2.24, 2.45) is 17.6 Å². The lowest BCUT2D eigenvalue weighted by Gasteiger charge is -2.56. The number of hydrogen-bond acceptors (Lipinski definition) is 4. The zero-order valence-electron chi connectivity index (χ0n) is 22.1. The van der Waals surface area contributed by atoms with Gasteiger partial charge in [0.05, 0.1) is 13.0 Å². The third-order valence-electron chi connectivity index (χ3n) is 8.47. The lowest BCUT2D eigenvalue weighted by atomic mass is 9.66. The van der Waals surface area contributed by atoms with Crippen LogP contribution in [-0.4, -0.2) is 43.1 Å². The van der Waals surface area contributed by atoms with Gasteiger partial charge in [0, 0.05) is 36.7 Å². The first-order valence-electron chi connectivity index (χ1n) is 13.5. The quantitative estimate of drug-likeness (QED) is 0.441. The number of fused-ring (bicyclic) bond motifs is 3. The Morgan fingerprint density at radius 2 is 1.65 bits per heavy atom. The highest BCUT2D eigenvalue weighted by Gasteiger charge is 2.51. The maximum Gasteiger partial charge on any atom is 0.222 e. The molecule has 194 valence electrons. The Labute approximate surface area is 221 Å². The van der Waals surface area contributed by atoms with Crippen LogP contribution in [0.2, 0.25) is 0 Å². The highest BCUT2D eigenvalue weighted by Crippen LogP contribution is 2.44. The van der Waals surface area contributed by atoms with E-state index in [-0.39, 0.29) is 35.7 Å². The molecule has 1 unspecified atom stereocenters. The summed E-state index contributed by atoms with van der Waals surface area (Å²) in [5, 5.41) is 3.94. The number of primary amides is 1. The van der Waals surface area contributed by atoms with Gasteiger partial charge in [0.25, 0.3) is 0 Å². The zero-order chi connectivity index (χ0) is 25.9. The topological polar surface area (TPSA) is 67.6 Å². The zero-order valence-corrected chi connectivity index (χ0v) is 22.1. The third-order valence-corrected chi connectivity index (χ3v) is 8.47. The molecule has 3 aromatic rings. The van der Waals surface area contributed by atoms with Crippen molar-refractivity contribution >= 4 is 5.91 Å². The number of piperidine rings is 3. The van der Waals surface area contributed by atoms with Gasteiger partial charge in [-0.3, -0.25) is 9.69 Å². The molecule has 0 aliphatic carbocycles. The summed E-state index contributed by atoms with van der Waals surface area (Å²) in [4.78, 5) is 15.1. The minimum Gasteiger partial charge on any atom is -0.496 e. The van der Waals surface area contributed by atoms with Gasteiger partial charge in [0.1, 0.15) is 5.75 Å². The molecule has 3 heterocycles. The average Bonchev–Trinajstić information content (AvgIpc) is 2.93. The Kier molecular flexibility index (Phi) is 7.63. The molecule has 3 aliphatic rings. The molecule has 1 amide bonds. The smallest absolute Gasteiger partial charge is 0.222 e. The molecule has 0 spiro atoms. The molecule has 6 rings (SSSR count). The molecular weight excluding hydrogens is 458 g/mol. The normalized spacial score (nSPS) is 24.9. The molecule has 2 bridgehead atoms. The van der Waals surface area contributed by atoms with Crippen molar-refractivity contribution < 1.29 is 9.53 Å². The van der Waals surface area contributed by atoms with Crippen LogP contribution < -0.4 is 15.8 Å². The van der Waals surface area contributed by atoms with Crippen molar-refractivity contribution in [2.45, 2.75) is 50.7 Å². The molecule has 3 N–H and O–H groups in total. The standard InChI is InChI=1S/C32H39N3O2/c1-21(2)24-14-15-28(37-3)25(18-24)19-34-30-26-16-17-35(20-27(26)32(33)36)31(30)29(22-10-6-4-7-11-22)23-12-8-5-9-13-23/h4-15,18,21,26-27,29-31,34H,16-17,19-20H2,1-3H3,(H2,33,36)/t26-,27+,30-,31-/m1/s1. The molecule has 3 aliphatic heterocycles. The van der Waals surface area contributed by atoms with E-state index < -0.39 is 0 Å². The fourth-order valence-corrected chi connectivity index (χ4v) is 6.60. The Hall–Kier alpha value is -3.15. The van der Waals surface area contributed by atoms with Crippen molar-refractivity contribution in [1.29, 1.82) is 0 Å². The number of carbonyl (C=O) groups excluding carboxylic acids is 1. The number of amides is 1. The van der Waals surface area contributed by atoms with E-state index in [0.29, 0.717) is 12.5 Å². The lowest BCUT2D eigenvalue weighted by Crippen LogP contribution is -2.68. The van der Waals surface area contributed by atoms with E-state index in [1.165, 1.54) is 16.7 Å². The van der Waals surface area contributed by atoms with Gasteiger partial charge in [-0.25, -0.2) is 0 Å². The van der Waals surface area contributed by atoms with Gasteiger partial charge in [-0.15, -0.1) is 0 Å². The van der Waals surface area contributed by atoms with E-state index in [0.717, 1.165) is 30.8 Å². The van der Waals surface area contributed by atoms with E-state index >= 15 is 0 Å². The van der Waals surface area contributed by atoms with Crippen molar-refractivity contribution in [2.75, 3.05) is 20.2 Å². The first-order chi connectivity index (χ1) is 18.0. The summed E-state index contributed by atoms with van der Waals surface area (Å²) < 4.78 is 5.73. The summed E-state index contributed by atoms with van der Waals surface area (Å²) in [6.45, 7) is 6.82. The average molecular weight is 498 g/mol. The molecular formula is C32H39N3O2. The minimum absolute atomic E-state index is 0.109. The molecule has 3 aromatic carbocycles. The van der Waals surface area contributed by atoms with Gasteiger partial charge in [0.2, 0.25) is 5.91 Å². The summed E-state index contributed by atoms with van der Waals surface area (Å²) in [5.74, 6) is 1.38. The Bertz CT molecular complexity index is 1160. The van der Waals surface area contributed by atoms with Crippen LogP contribution in [0.3, 0.4) is 0 Å². The minimum atomic E-state index is -0.185. The van der Waals surface area contributed by atoms with Crippen molar-refractivity contribution in [3.8, 4) is 5.75 Å². The van der Waals surface area contributed by atoms with Crippen molar-refractivity contribution in [3.63, 3.8) is 0 Å². The number of nitrogens with one attached hydrogen (secondary N) is 1. The van der Waals surface area contributed by atoms with Gasteiger partial charge in [-0.2, -0.15) is 0 Å². The predicted molar refractivity (Wildman–Crippen MR) is 149 cm³/mol. The van der Waals surface area contributed by atoms with Crippen molar-refractivity contribution in [1.82, 2.24) is 10.2 Å². The summed E-state index contributed by atoms with van der Waals surface area (Å²) in [5.41, 5.74) is 11.0. The third kappa shape index (κ3) is 5.16. The summed E-state index contributed by atoms with van der Waals surface area (Å²) in [6.07, 6.45) is 0.973. The van der Waals surface area contributed by atoms with Crippen LogP contribution in [0.25, 0.3) is 0 Å². The number of rotatable bonds is 9. The van der Waals surface area contributed by atoms with Crippen LogP contribution in [0.4, 0.5) is 0 Å². The van der Waals surface area contributed by atoms with E-state index in [1.807, 2.05) is 0 Å². The molecule has 0 aromatic heterocycles. The molecule has 37 heavy (non-hydrogen) atoms. The van der Waals surface area contributed by atoms with E-state index in [4.69, 9.17) is 10.5 Å². The predicted octanol–water partition coefficient (Wildman–Crippen LogP) is 4.91. The van der Waals surface area contributed by atoms with E-state index in [9.17, 15) is 4.79 Å². The highest BCUT2D eigenvalue weighted by molar-refractivity contribution is 5.77. The highest BCUT2D eigenvalue weighted by atomic mass is 16.5. The van der Waals surface area contributed by atoms with Crippen molar-refractivity contribution in [3.05, 3.63) is 101 Å². The van der Waals surface area contributed by atoms with E-state index in [1.54, 1.807) is 7.11 Å².